The summed E-state index contributed by atoms with van der Waals surface area (Å²) >= 11 is 3.35. The third kappa shape index (κ3) is 3.52. The number of rotatable bonds is 4. The number of aliphatic hydroxyl groups excluding tert-OH is 1. The van der Waals surface area contributed by atoms with Crippen LogP contribution in [0, 0.1) is 11.6 Å². The molecule has 5 nitrogen and oxygen atoms in total. The Morgan fingerprint density at radius 2 is 1.79 bits per heavy atom. The van der Waals surface area contributed by atoms with E-state index >= 15 is 0 Å². The maximum atomic E-state index is 14.9. The van der Waals surface area contributed by atoms with Gasteiger partial charge in [0.15, 0.2) is 11.5 Å². The average Bonchev–Trinajstić information content (AvgIpc) is 3.32. The van der Waals surface area contributed by atoms with Crippen LogP contribution in [0.15, 0.2) is 93.0 Å². The number of halogens is 3. The highest BCUT2D eigenvalue weighted by atomic mass is 79.9. The fourth-order valence-corrected chi connectivity index (χ4v) is 4.36. The van der Waals surface area contributed by atoms with Crippen molar-refractivity contribution in [2.75, 3.05) is 4.90 Å². The molecule has 1 aliphatic heterocycles. The Balaban J connectivity index is 1.69. The molecule has 1 aliphatic rings. The van der Waals surface area contributed by atoms with Crippen LogP contribution in [0.5, 0.6) is 0 Å². The Bertz CT molecular complexity index is 1480. The molecule has 1 N–H and O–H groups in total. The maximum Gasteiger partial charge on any atom is 0.294 e. The number of nitrogens with zero attached hydrogens (tertiary/aromatic N) is 1. The van der Waals surface area contributed by atoms with E-state index in [0.717, 1.165) is 15.4 Å². The van der Waals surface area contributed by atoms with Crippen molar-refractivity contribution in [3.8, 4) is 0 Å². The van der Waals surface area contributed by atoms with E-state index in [1.54, 1.807) is 24.3 Å². The average molecular weight is 510 g/mol. The van der Waals surface area contributed by atoms with Crippen molar-refractivity contribution >= 4 is 44.3 Å². The lowest BCUT2D eigenvalue weighted by atomic mass is 9.94. The zero-order chi connectivity index (χ0) is 23.3. The second-order valence-corrected chi connectivity index (χ2v) is 8.38. The highest BCUT2D eigenvalue weighted by Crippen LogP contribution is 2.43. The Morgan fingerprint density at radius 1 is 1.00 bits per heavy atom. The van der Waals surface area contributed by atoms with Gasteiger partial charge < -0.3 is 9.52 Å². The van der Waals surface area contributed by atoms with Gasteiger partial charge in [0.2, 0.25) is 5.78 Å². The van der Waals surface area contributed by atoms with Crippen molar-refractivity contribution in [2.45, 2.75) is 6.04 Å². The summed E-state index contributed by atoms with van der Waals surface area (Å²) in [5, 5.41) is 11.4. The van der Waals surface area contributed by atoms with Crippen LogP contribution in [-0.2, 0) is 4.79 Å². The van der Waals surface area contributed by atoms with Gasteiger partial charge in [-0.1, -0.05) is 40.2 Å². The van der Waals surface area contributed by atoms with Gasteiger partial charge in [0.1, 0.15) is 17.2 Å². The quantitative estimate of drug-likeness (QED) is 0.329. The lowest BCUT2D eigenvalue weighted by Gasteiger charge is -2.27. The molecule has 5 rings (SSSR count). The summed E-state index contributed by atoms with van der Waals surface area (Å²) in [6.07, 6.45) is 0. The number of aliphatic hydroxyl groups is 1. The van der Waals surface area contributed by atoms with E-state index in [9.17, 15) is 23.5 Å². The van der Waals surface area contributed by atoms with Crippen LogP contribution >= 0.6 is 15.9 Å². The second-order valence-electron chi connectivity index (χ2n) is 7.46. The molecular weight excluding hydrogens is 496 g/mol. The minimum absolute atomic E-state index is 0.0265. The number of benzene rings is 3. The number of hydrogen-bond donors (Lipinski definition) is 1. The van der Waals surface area contributed by atoms with Crippen LogP contribution in [0.3, 0.4) is 0 Å². The molecule has 4 aromatic rings. The Hall–Kier alpha value is -3.78. The molecule has 2 heterocycles. The third-order valence-corrected chi connectivity index (χ3v) is 5.93. The summed E-state index contributed by atoms with van der Waals surface area (Å²) in [6, 6.07) is 16.0. The lowest BCUT2D eigenvalue weighted by molar-refractivity contribution is -0.117. The Kier molecular flexibility index (Phi) is 5.09. The molecule has 3 aromatic carbocycles. The minimum Gasteiger partial charge on any atom is -0.503 e. The van der Waals surface area contributed by atoms with Crippen LogP contribution in [-0.4, -0.2) is 16.8 Å². The van der Waals surface area contributed by atoms with Crippen molar-refractivity contribution in [1.29, 1.82) is 0 Å². The molecule has 1 unspecified atom stereocenters. The van der Waals surface area contributed by atoms with Crippen LogP contribution in [0.25, 0.3) is 11.0 Å². The van der Waals surface area contributed by atoms with Gasteiger partial charge in [0.05, 0.1) is 11.6 Å². The highest BCUT2D eigenvalue weighted by Gasteiger charge is 2.46. The molecule has 8 heteroatoms. The predicted octanol–water partition coefficient (Wildman–Crippen LogP) is 6.26. The first-order valence-electron chi connectivity index (χ1n) is 9.85. The number of carbonyl (C=O) groups is 2. The smallest absolute Gasteiger partial charge is 0.294 e. The molecule has 0 saturated carbocycles. The fourth-order valence-electron chi connectivity index (χ4n) is 3.98. The Labute approximate surface area is 194 Å². The summed E-state index contributed by atoms with van der Waals surface area (Å²) in [5.74, 6) is -4.02. The predicted molar refractivity (Wildman–Crippen MR) is 121 cm³/mol. The summed E-state index contributed by atoms with van der Waals surface area (Å²) in [5.41, 5.74) is 0.111. The van der Waals surface area contributed by atoms with Gasteiger partial charge in [0, 0.05) is 21.1 Å². The summed E-state index contributed by atoms with van der Waals surface area (Å²) in [7, 11) is 0. The second kappa shape index (κ2) is 7.97. The Morgan fingerprint density at radius 3 is 2.55 bits per heavy atom. The summed E-state index contributed by atoms with van der Waals surface area (Å²) in [4.78, 5) is 27.6. The van der Waals surface area contributed by atoms with Crippen molar-refractivity contribution in [1.82, 2.24) is 0 Å². The first-order valence-corrected chi connectivity index (χ1v) is 10.6. The van der Waals surface area contributed by atoms with E-state index in [1.165, 1.54) is 42.5 Å². The number of fused-ring (bicyclic) bond motifs is 1. The van der Waals surface area contributed by atoms with Crippen molar-refractivity contribution in [3.63, 3.8) is 0 Å². The molecule has 0 radical (unpaired) electrons. The summed E-state index contributed by atoms with van der Waals surface area (Å²) in [6.45, 7) is 0. The molecular formula is C25H14BrF2NO4. The largest absolute Gasteiger partial charge is 0.503 e. The van der Waals surface area contributed by atoms with Gasteiger partial charge >= 0.3 is 0 Å². The fraction of sp³-hybridized carbons (Fsp3) is 0.0400. The zero-order valence-corrected chi connectivity index (χ0v) is 18.3. The highest BCUT2D eigenvalue weighted by molar-refractivity contribution is 9.10. The number of Topliss-reactive ketones (excluding diaryl/α,β-unsaturated/α-hetero) is 1. The molecule has 0 spiro atoms. The van der Waals surface area contributed by atoms with Crippen LogP contribution in [0.4, 0.5) is 14.5 Å². The van der Waals surface area contributed by atoms with Crippen molar-refractivity contribution in [3.05, 3.63) is 112 Å². The van der Waals surface area contributed by atoms with Gasteiger partial charge in [-0.15, -0.1) is 0 Å². The van der Waals surface area contributed by atoms with Gasteiger partial charge in [-0.25, -0.2) is 8.78 Å². The third-order valence-electron chi connectivity index (χ3n) is 5.44. The van der Waals surface area contributed by atoms with E-state index in [2.05, 4.69) is 15.9 Å². The molecule has 0 aliphatic carbocycles. The lowest BCUT2D eigenvalue weighted by Crippen LogP contribution is -2.31. The van der Waals surface area contributed by atoms with Gasteiger partial charge in [-0.3, -0.25) is 14.5 Å². The minimum atomic E-state index is -1.33. The van der Waals surface area contributed by atoms with Crippen LogP contribution < -0.4 is 4.90 Å². The van der Waals surface area contributed by atoms with E-state index in [4.69, 9.17) is 4.42 Å². The zero-order valence-electron chi connectivity index (χ0n) is 16.8. The summed E-state index contributed by atoms with van der Waals surface area (Å²) < 4.78 is 35.2. The van der Waals surface area contributed by atoms with E-state index in [0.29, 0.717) is 11.0 Å². The first-order chi connectivity index (χ1) is 15.8. The number of carbonyl (C=O) groups excluding carboxylic acids is 2. The number of hydrogen-bond acceptors (Lipinski definition) is 4. The molecule has 33 heavy (non-hydrogen) atoms. The first kappa shape index (κ1) is 21.1. The van der Waals surface area contributed by atoms with Crippen molar-refractivity contribution < 1.29 is 27.9 Å². The van der Waals surface area contributed by atoms with E-state index in [1.807, 2.05) is 0 Å². The van der Waals surface area contributed by atoms with Crippen LogP contribution in [0.2, 0.25) is 0 Å². The van der Waals surface area contributed by atoms with Gasteiger partial charge in [-0.2, -0.15) is 0 Å². The topological polar surface area (TPSA) is 70.8 Å². The maximum absolute atomic E-state index is 14.9. The standard InChI is InChI=1S/C25H14BrF2NO4/c26-14-8-9-19-13(10-14)11-20(33-19)23(30)21-22(17-6-1-2-7-18(17)28)29(25(32)24(21)31)16-5-3-4-15(27)12-16/h1-12,22,31H. The normalized spacial score (nSPS) is 16.2. The molecule has 0 bridgehead atoms. The number of furan rings is 1. The number of ketones is 1. The van der Waals surface area contributed by atoms with Gasteiger partial charge in [0.25, 0.3) is 5.91 Å². The number of anilines is 1. The van der Waals surface area contributed by atoms with Gasteiger partial charge in [-0.05, 0) is 48.5 Å². The molecule has 0 saturated heterocycles. The SMILES string of the molecule is O=C(C1=C(O)C(=O)N(c2cccc(F)c2)C1c1ccccc1F)c1cc2cc(Br)ccc2o1. The van der Waals surface area contributed by atoms with E-state index < -0.39 is 35.1 Å². The molecule has 0 fully saturated rings. The molecule has 1 atom stereocenters. The van der Waals surface area contributed by atoms with E-state index in [-0.39, 0.29) is 22.6 Å². The monoisotopic (exact) mass is 509 g/mol. The molecule has 164 valence electrons. The molecule has 1 amide bonds. The van der Waals surface area contributed by atoms with Crippen LogP contribution in [0.1, 0.15) is 22.2 Å². The van der Waals surface area contributed by atoms with Crippen molar-refractivity contribution in [2.24, 2.45) is 0 Å². The molecule has 1 aromatic heterocycles. The number of amides is 1.